The number of amides is 2. The van der Waals surface area contributed by atoms with E-state index in [-0.39, 0.29) is 37.3 Å². The number of halogens is 3. The van der Waals surface area contributed by atoms with E-state index in [1.807, 2.05) is 0 Å². The van der Waals surface area contributed by atoms with Crippen molar-refractivity contribution in [3.05, 3.63) is 24.2 Å². The van der Waals surface area contributed by atoms with Crippen LogP contribution in [0, 0.1) is 0 Å². The highest BCUT2D eigenvalue weighted by Crippen LogP contribution is 2.19. The molecule has 0 aromatic carbocycles. The molecule has 0 atom stereocenters. The molecule has 1 saturated carbocycles. The summed E-state index contributed by atoms with van der Waals surface area (Å²) in [5, 5.41) is 2.76. The number of rotatable bonds is 8. The number of nitrogens with one attached hydrogen (secondary N) is 1. The summed E-state index contributed by atoms with van der Waals surface area (Å²) in [6, 6.07) is 3.24. The molecule has 0 radical (unpaired) electrons. The zero-order valence-electron chi connectivity index (χ0n) is 13.3. The number of hydrogen-bond donors (Lipinski definition) is 1. The number of likely N-dealkylation sites (N-methyl/N-ethyl adjacent to an activating group) is 1. The van der Waals surface area contributed by atoms with Crippen LogP contribution in [0.3, 0.4) is 0 Å². The first kappa shape index (κ1) is 18.3. The van der Waals surface area contributed by atoms with Crippen LogP contribution in [0.1, 0.15) is 18.6 Å². The lowest BCUT2D eigenvalue weighted by molar-refractivity contribution is -0.163. The normalized spacial score (nSPS) is 14.7. The smallest absolute Gasteiger partial charge is 0.406 e. The van der Waals surface area contributed by atoms with Crippen molar-refractivity contribution in [1.82, 2.24) is 15.1 Å². The molecular formula is C15H20F3N3O3. The molecule has 1 aliphatic rings. The Balaban J connectivity index is 1.88. The molecule has 1 aromatic rings. The van der Waals surface area contributed by atoms with E-state index in [1.165, 1.54) is 24.3 Å². The first-order valence-corrected chi connectivity index (χ1v) is 7.58. The molecule has 1 N–H and O–H groups in total. The van der Waals surface area contributed by atoms with Crippen molar-refractivity contribution >= 4 is 11.8 Å². The fraction of sp³-hybridized carbons (Fsp3) is 0.600. The zero-order valence-corrected chi connectivity index (χ0v) is 13.3. The lowest BCUT2D eigenvalue weighted by Gasteiger charge is -2.25. The van der Waals surface area contributed by atoms with Crippen LogP contribution in [-0.2, 0) is 16.1 Å². The summed E-state index contributed by atoms with van der Waals surface area (Å²) in [5.41, 5.74) is 0. The molecule has 1 aliphatic carbocycles. The lowest BCUT2D eigenvalue weighted by atomic mass is 10.3. The van der Waals surface area contributed by atoms with Crippen molar-refractivity contribution in [1.29, 1.82) is 0 Å². The molecule has 1 heterocycles. The Morgan fingerprint density at radius 3 is 2.58 bits per heavy atom. The van der Waals surface area contributed by atoms with Crippen LogP contribution < -0.4 is 5.32 Å². The van der Waals surface area contributed by atoms with Crippen molar-refractivity contribution < 1.29 is 27.2 Å². The topological polar surface area (TPSA) is 65.8 Å². The molecule has 0 unspecified atom stereocenters. The number of alkyl halides is 3. The molecule has 0 aliphatic heterocycles. The number of furan rings is 1. The zero-order chi connectivity index (χ0) is 17.7. The third-order valence-electron chi connectivity index (χ3n) is 3.41. The summed E-state index contributed by atoms with van der Waals surface area (Å²) in [7, 11) is 1.52. The van der Waals surface area contributed by atoms with Crippen molar-refractivity contribution in [3.8, 4) is 0 Å². The minimum atomic E-state index is -4.51. The second-order valence-corrected chi connectivity index (χ2v) is 5.96. The molecule has 0 saturated heterocycles. The predicted molar refractivity (Wildman–Crippen MR) is 78.8 cm³/mol. The van der Waals surface area contributed by atoms with Gasteiger partial charge in [0.2, 0.25) is 11.8 Å². The van der Waals surface area contributed by atoms with Crippen molar-refractivity contribution in [2.45, 2.75) is 31.6 Å². The van der Waals surface area contributed by atoms with E-state index in [9.17, 15) is 22.8 Å². The molecule has 24 heavy (non-hydrogen) atoms. The van der Waals surface area contributed by atoms with Crippen LogP contribution in [0.2, 0.25) is 0 Å². The first-order chi connectivity index (χ1) is 11.2. The highest BCUT2D eigenvalue weighted by atomic mass is 19.4. The summed E-state index contributed by atoms with van der Waals surface area (Å²) < 4.78 is 43.1. The lowest BCUT2D eigenvalue weighted by Crippen LogP contribution is -2.45. The monoisotopic (exact) mass is 347 g/mol. The summed E-state index contributed by atoms with van der Waals surface area (Å²) in [4.78, 5) is 25.9. The van der Waals surface area contributed by atoms with E-state index in [2.05, 4.69) is 5.32 Å². The van der Waals surface area contributed by atoms with Gasteiger partial charge in [0, 0.05) is 6.04 Å². The summed E-state index contributed by atoms with van der Waals surface area (Å²) >= 11 is 0. The maximum Gasteiger partial charge on any atom is 0.406 e. The van der Waals surface area contributed by atoms with Crippen LogP contribution >= 0.6 is 0 Å². The van der Waals surface area contributed by atoms with Gasteiger partial charge in [-0.1, -0.05) is 0 Å². The molecule has 1 aromatic heterocycles. The van der Waals surface area contributed by atoms with Gasteiger partial charge in [0.25, 0.3) is 0 Å². The van der Waals surface area contributed by atoms with E-state index in [0.29, 0.717) is 4.90 Å². The predicted octanol–water partition coefficient (Wildman–Crippen LogP) is 1.38. The van der Waals surface area contributed by atoms with Crippen molar-refractivity contribution in [2.75, 3.05) is 26.7 Å². The van der Waals surface area contributed by atoms with Gasteiger partial charge in [-0.3, -0.25) is 14.5 Å². The van der Waals surface area contributed by atoms with Crippen LogP contribution in [0.25, 0.3) is 0 Å². The number of nitrogens with zero attached hydrogens (tertiary/aromatic N) is 2. The van der Waals surface area contributed by atoms with Gasteiger partial charge in [-0.2, -0.15) is 13.2 Å². The minimum absolute atomic E-state index is 0.0388. The first-order valence-electron chi connectivity index (χ1n) is 7.58. The molecule has 6 nitrogen and oxygen atoms in total. The molecule has 1 fully saturated rings. The van der Waals surface area contributed by atoms with Gasteiger partial charge in [-0.25, -0.2) is 0 Å². The third kappa shape index (κ3) is 6.61. The van der Waals surface area contributed by atoms with Crippen molar-refractivity contribution in [2.24, 2.45) is 0 Å². The number of carbonyl (C=O) groups excluding carboxylic acids is 2. The van der Waals surface area contributed by atoms with E-state index in [4.69, 9.17) is 4.42 Å². The van der Waals surface area contributed by atoms with Crippen molar-refractivity contribution in [3.63, 3.8) is 0 Å². The Morgan fingerprint density at radius 1 is 1.33 bits per heavy atom. The van der Waals surface area contributed by atoms with Gasteiger partial charge in [0.15, 0.2) is 0 Å². The average Bonchev–Trinajstić information content (AvgIpc) is 3.09. The molecule has 0 bridgehead atoms. The minimum Gasteiger partial charge on any atom is -0.467 e. The maximum atomic E-state index is 12.7. The van der Waals surface area contributed by atoms with E-state index >= 15 is 0 Å². The van der Waals surface area contributed by atoms with Gasteiger partial charge in [0.05, 0.1) is 25.9 Å². The molecule has 134 valence electrons. The Bertz CT molecular complexity index is 556. The fourth-order valence-electron chi connectivity index (χ4n) is 2.17. The van der Waals surface area contributed by atoms with E-state index in [1.54, 1.807) is 6.07 Å². The summed E-state index contributed by atoms with van der Waals surface area (Å²) in [5.74, 6) is -0.687. The van der Waals surface area contributed by atoms with Gasteiger partial charge in [-0.05, 0) is 32.0 Å². The second kappa shape index (κ2) is 7.69. The molecule has 2 rings (SSSR count). The molecule has 2 amide bonds. The summed E-state index contributed by atoms with van der Waals surface area (Å²) in [6.07, 6.45) is -1.29. The van der Waals surface area contributed by atoms with Gasteiger partial charge < -0.3 is 14.6 Å². The molecule has 0 spiro atoms. The Hall–Kier alpha value is -2.03. The average molecular weight is 347 g/mol. The highest BCUT2D eigenvalue weighted by Gasteiger charge is 2.33. The van der Waals surface area contributed by atoms with E-state index < -0.39 is 18.6 Å². The highest BCUT2D eigenvalue weighted by molar-refractivity contribution is 5.81. The maximum absolute atomic E-state index is 12.7. The third-order valence-corrected chi connectivity index (χ3v) is 3.41. The van der Waals surface area contributed by atoms with Gasteiger partial charge in [0.1, 0.15) is 12.3 Å². The Kier molecular flexibility index (Phi) is 5.87. The van der Waals surface area contributed by atoms with Crippen LogP contribution in [0.4, 0.5) is 13.2 Å². The molecular weight excluding hydrogens is 327 g/mol. The molecule has 9 heteroatoms. The largest absolute Gasteiger partial charge is 0.467 e. The van der Waals surface area contributed by atoms with E-state index in [0.717, 1.165) is 12.8 Å². The fourth-order valence-corrected chi connectivity index (χ4v) is 2.17. The van der Waals surface area contributed by atoms with Crippen LogP contribution in [-0.4, -0.2) is 60.5 Å². The standard InChI is InChI=1S/C15H20F3N3O3/c1-20(8-13(22)19-11-4-5-11)9-14(23)21(10-15(16,17)18)7-12-3-2-6-24-12/h2-3,6,11H,4-5,7-10H2,1H3,(H,19,22). The summed E-state index contributed by atoms with van der Waals surface area (Å²) in [6.45, 7) is -1.96. The SMILES string of the molecule is CN(CC(=O)NC1CC1)CC(=O)N(Cc1ccco1)CC(F)(F)F. The Labute approximate surface area is 137 Å². The quantitative estimate of drug-likeness (QED) is 0.772. The number of carbonyl (C=O) groups is 2. The van der Waals surface area contributed by atoms with Gasteiger partial charge >= 0.3 is 6.18 Å². The number of hydrogen-bond acceptors (Lipinski definition) is 4. The van der Waals surface area contributed by atoms with Gasteiger partial charge in [-0.15, -0.1) is 0 Å². The van der Waals surface area contributed by atoms with Crippen LogP contribution in [0.15, 0.2) is 22.8 Å². The second-order valence-electron chi connectivity index (χ2n) is 5.96. The van der Waals surface area contributed by atoms with Crippen LogP contribution in [0.5, 0.6) is 0 Å². The Morgan fingerprint density at radius 2 is 2.04 bits per heavy atom.